The summed E-state index contributed by atoms with van der Waals surface area (Å²) in [6, 6.07) is 38.2. The number of hydrogen-bond donors (Lipinski definition) is 3. The molecule has 9 aromatic rings. The minimum atomic E-state index is -0.748. The Bertz CT molecular complexity index is 3280. The Kier molecular flexibility index (Phi) is 10.8. The molecule has 0 atom stereocenters. The zero-order valence-corrected chi connectivity index (χ0v) is 34.9. The molecule has 14 nitrogen and oxygen atoms in total. The quantitative estimate of drug-likeness (QED) is 0.108. The molecule has 4 heterocycles. The lowest BCUT2D eigenvalue weighted by atomic mass is 10.0. The number of aromatic nitrogens is 6. The normalized spacial score (nSPS) is 11.1. The number of fused-ring (bicyclic) bond motifs is 2. The van der Waals surface area contributed by atoms with Crippen molar-refractivity contribution in [2.24, 2.45) is 14.1 Å². The van der Waals surface area contributed by atoms with Crippen molar-refractivity contribution in [2.75, 3.05) is 30.2 Å². The number of nitrogens with one attached hydrogen (secondary N) is 3. The lowest BCUT2D eigenvalue weighted by molar-refractivity contribution is 0.101. The van der Waals surface area contributed by atoms with Crippen LogP contribution in [0.1, 0.15) is 31.1 Å². The topological polar surface area (TPSA) is 167 Å². The maximum absolute atomic E-state index is 15.9. The summed E-state index contributed by atoms with van der Waals surface area (Å²) in [6.07, 6.45) is 1.63. The van der Waals surface area contributed by atoms with Gasteiger partial charge in [-0.2, -0.15) is 4.39 Å². The first-order valence-electron chi connectivity index (χ1n) is 20.0. The number of anilines is 3. The summed E-state index contributed by atoms with van der Waals surface area (Å²) >= 11 is 0. The van der Waals surface area contributed by atoms with Gasteiger partial charge >= 0.3 is 0 Å². The molecule has 0 aliphatic rings. The number of nitrogens with zero attached hydrogens (tertiary/aromatic N) is 6. The zero-order valence-electron chi connectivity index (χ0n) is 34.9. The van der Waals surface area contributed by atoms with Gasteiger partial charge < -0.3 is 34.6 Å². The first kappa shape index (κ1) is 40.7. The van der Waals surface area contributed by atoms with Crippen LogP contribution in [0, 0.1) is 5.95 Å². The first-order chi connectivity index (χ1) is 31.1. The van der Waals surface area contributed by atoms with Crippen LogP contribution in [0.15, 0.2) is 140 Å². The van der Waals surface area contributed by atoms with Gasteiger partial charge in [0.15, 0.2) is 0 Å². The van der Waals surface area contributed by atoms with Gasteiger partial charge in [0.2, 0.25) is 5.95 Å². The van der Waals surface area contributed by atoms with Crippen molar-refractivity contribution in [2.45, 2.75) is 0 Å². The Morgan fingerprint density at radius 1 is 0.562 bits per heavy atom. The van der Waals surface area contributed by atoms with Crippen molar-refractivity contribution in [3.63, 3.8) is 0 Å². The number of halogens is 1. The van der Waals surface area contributed by atoms with E-state index in [-0.39, 0.29) is 22.9 Å². The molecular formula is C49H38FN9O5. The molecule has 0 unspecified atom stereocenters. The third kappa shape index (κ3) is 7.84. The number of amides is 3. The smallest absolute Gasteiger partial charge is 0.260 e. The molecule has 3 amide bonds. The molecule has 0 bridgehead atoms. The molecule has 64 heavy (non-hydrogen) atoms. The fourth-order valence-corrected chi connectivity index (χ4v) is 7.45. The van der Waals surface area contributed by atoms with E-state index >= 15 is 4.39 Å². The molecule has 4 aromatic heterocycles. The molecule has 0 saturated carbocycles. The van der Waals surface area contributed by atoms with Gasteiger partial charge in [0.25, 0.3) is 17.7 Å². The minimum Gasteiger partial charge on any atom is -0.496 e. The second-order valence-electron chi connectivity index (χ2n) is 14.7. The first-order valence-corrected chi connectivity index (χ1v) is 20.0. The van der Waals surface area contributed by atoms with Crippen molar-refractivity contribution in [3.8, 4) is 45.5 Å². The predicted octanol–water partition coefficient (Wildman–Crippen LogP) is 9.16. The average Bonchev–Trinajstić information content (AvgIpc) is 3.83. The van der Waals surface area contributed by atoms with Crippen molar-refractivity contribution >= 4 is 57.0 Å². The van der Waals surface area contributed by atoms with Gasteiger partial charge in [0, 0.05) is 48.4 Å². The van der Waals surface area contributed by atoms with E-state index in [1.807, 2.05) is 29.8 Å². The molecule has 0 aliphatic carbocycles. The van der Waals surface area contributed by atoms with E-state index in [0.29, 0.717) is 84.8 Å². The summed E-state index contributed by atoms with van der Waals surface area (Å²) in [4.78, 5) is 57.7. The Labute approximate surface area is 365 Å². The number of imidazole rings is 2. The minimum absolute atomic E-state index is 0.180. The summed E-state index contributed by atoms with van der Waals surface area (Å²) in [7, 11) is 6.60. The van der Waals surface area contributed by atoms with Crippen molar-refractivity contribution in [3.05, 3.63) is 162 Å². The number of pyridine rings is 2. The van der Waals surface area contributed by atoms with E-state index in [4.69, 9.17) is 14.5 Å². The second kappa shape index (κ2) is 17.0. The fourth-order valence-electron chi connectivity index (χ4n) is 7.45. The van der Waals surface area contributed by atoms with Crippen molar-refractivity contribution in [1.29, 1.82) is 0 Å². The Hall–Kier alpha value is -8.72. The second-order valence-corrected chi connectivity index (χ2v) is 14.7. The highest BCUT2D eigenvalue weighted by Gasteiger charge is 2.20. The van der Waals surface area contributed by atoms with Gasteiger partial charge in [0.1, 0.15) is 29.0 Å². The van der Waals surface area contributed by atoms with Crippen LogP contribution in [-0.2, 0) is 14.1 Å². The number of rotatable bonds is 11. The summed E-state index contributed by atoms with van der Waals surface area (Å²) in [5.41, 5.74) is 6.64. The highest BCUT2D eigenvalue weighted by Crippen LogP contribution is 2.32. The van der Waals surface area contributed by atoms with Crippen LogP contribution in [0.2, 0.25) is 0 Å². The van der Waals surface area contributed by atoms with Crippen LogP contribution >= 0.6 is 0 Å². The van der Waals surface area contributed by atoms with E-state index in [0.717, 1.165) is 5.52 Å². The van der Waals surface area contributed by atoms with E-state index in [9.17, 15) is 14.4 Å². The summed E-state index contributed by atoms with van der Waals surface area (Å²) in [5.74, 6) is 0.319. The lowest BCUT2D eigenvalue weighted by Gasteiger charge is -2.12. The number of benzene rings is 5. The third-order valence-electron chi connectivity index (χ3n) is 10.8. The van der Waals surface area contributed by atoms with Crippen LogP contribution in [0.4, 0.5) is 21.6 Å². The van der Waals surface area contributed by atoms with Crippen LogP contribution in [0.5, 0.6) is 11.5 Å². The molecule has 3 N–H and O–H groups in total. The molecule has 0 saturated heterocycles. The molecule has 0 radical (unpaired) electrons. The number of carbonyl (C=O) groups is 3. The largest absolute Gasteiger partial charge is 0.496 e. The molecule has 5 aromatic carbocycles. The van der Waals surface area contributed by atoms with Gasteiger partial charge in [-0.25, -0.2) is 19.9 Å². The maximum Gasteiger partial charge on any atom is 0.260 e. The fraction of sp³-hybridized carbons (Fsp3) is 0.0816. The van der Waals surface area contributed by atoms with Crippen LogP contribution < -0.4 is 25.4 Å². The number of hydrogen-bond acceptors (Lipinski definition) is 9. The summed E-state index contributed by atoms with van der Waals surface area (Å²) < 4.78 is 30.4. The molecule has 316 valence electrons. The van der Waals surface area contributed by atoms with E-state index in [1.54, 1.807) is 133 Å². The van der Waals surface area contributed by atoms with Gasteiger partial charge in [-0.3, -0.25) is 14.4 Å². The third-order valence-corrected chi connectivity index (χ3v) is 10.8. The van der Waals surface area contributed by atoms with Crippen LogP contribution in [-0.4, -0.2) is 61.0 Å². The number of para-hydroxylation sites is 1. The SMILES string of the molecule is COc1ccc(-c2ccc(-c3nc4ccc(NC(=O)c5ccccc5)cc4n3C)c(F)n2)cc1C(=O)Nc1ccc2nc(-c3ccc(NC(=O)c4ccccc4OC)nc3)n(C)c2c1. The molecule has 0 spiro atoms. The van der Waals surface area contributed by atoms with Crippen molar-refractivity contribution < 1.29 is 28.2 Å². The highest BCUT2D eigenvalue weighted by molar-refractivity contribution is 6.08. The Balaban J connectivity index is 0.915. The Morgan fingerprint density at radius 2 is 1.17 bits per heavy atom. The van der Waals surface area contributed by atoms with Crippen LogP contribution in [0.3, 0.4) is 0 Å². The highest BCUT2D eigenvalue weighted by atomic mass is 19.1. The molecule has 0 aliphatic heterocycles. The van der Waals surface area contributed by atoms with E-state index in [2.05, 4.69) is 30.9 Å². The monoisotopic (exact) mass is 851 g/mol. The van der Waals surface area contributed by atoms with Gasteiger partial charge in [-0.1, -0.05) is 30.3 Å². The summed E-state index contributed by atoms with van der Waals surface area (Å²) in [6.45, 7) is 0. The van der Waals surface area contributed by atoms with E-state index < -0.39 is 11.9 Å². The average molecular weight is 852 g/mol. The lowest BCUT2D eigenvalue weighted by Crippen LogP contribution is -2.14. The number of carbonyl (C=O) groups excluding carboxylic acids is 3. The molecule has 0 fully saturated rings. The molecular weight excluding hydrogens is 814 g/mol. The number of aryl methyl sites for hydroxylation is 2. The maximum atomic E-state index is 15.9. The molecule has 9 rings (SSSR count). The van der Waals surface area contributed by atoms with Gasteiger partial charge in [-0.15, -0.1) is 0 Å². The van der Waals surface area contributed by atoms with Crippen LogP contribution in [0.25, 0.3) is 56.1 Å². The van der Waals surface area contributed by atoms with Crippen molar-refractivity contribution in [1.82, 2.24) is 29.1 Å². The van der Waals surface area contributed by atoms with E-state index in [1.165, 1.54) is 14.2 Å². The Morgan fingerprint density at radius 3 is 1.84 bits per heavy atom. The molecule has 15 heteroatoms. The van der Waals surface area contributed by atoms with Gasteiger partial charge in [-0.05, 0) is 103 Å². The van der Waals surface area contributed by atoms with Gasteiger partial charge in [0.05, 0.1) is 58.7 Å². The predicted molar refractivity (Wildman–Crippen MR) is 243 cm³/mol. The number of ether oxygens (including phenoxy) is 2. The number of methoxy groups -OCH3 is 2. The standard InChI is InChI=1S/C49H38FN9O5/c1-58-39-26-32(17-19-37(39)55-45(58)30-15-23-43(51-27-30)57-48(61)33-12-8-9-13-41(33)63-3)53-49(62)35-24-29(14-22-42(35)64-4)36-21-18-34(44(50)54-36)46-56-38-20-16-31(25-40(38)59(46)2)52-47(60)28-10-6-5-7-11-28/h5-27H,1-4H3,(H,52,60)(H,53,62)(H,51,57,61). The summed E-state index contributed by atoms with van der Waals surface area (Å²) in [5, 5.41) is 8.66. The zero-order chi connectivity index (χ0) is 44.5.